The van der Waals surface area contributed by atoms with Gasteiger partial charge in [-0.1, -0.05) is 44.5 Å². The van der Waals surface area contributed by atoms with Crippen LogP contribution in [0, 0.1) is 0 Å². The number of halogens is 1. The molecular weight excluding hydrogens is 258 g/mol. The van der Waals surface area contributed by atoms with Gasteiger partial charge in [-0.05, 0) is 47.8 Å². The van der Waals surface area contributed by atoms with Crippen molar-refractivity contribution in [2.75, 3.05) is 6.54 Å². The molecule has 19 heavy (non-hydrogen) atoms. The molecule has 0 aliphatic carbocycles. The van der Waals surface area contributed by atoms with Gasteiger partial charge in [0, 0.05) is 0 Å². The molecule has 2 rings (SSSR count). The molecule has 1 N–H and O–H groups in total. The molecule has 0 fully saturated rings. The molecule has 1 aromatic heterocycles. The number of hydrogen-bond acceptors (Lipinski definition) is 2. The molecule has 102 valence electrons. The molecule has 0 radical (unpaired) electrons. The lowest BCUT2D eigenvalue weighted by Gasteiger charge is -2.17. The number of furan rings is 1. The second-order valence-electron chi connectivity index (χ2n) is 4.63. The molecule has 2 nitrogen and oxygen atoms in total. The van der Waals surface area contributed by atoms with Gasteiger partial charge < -0.3 is 9.73 Å². The zero-order valence-corrected chi connectivity index (χ0v) is 12.2. The Bertz CT molecular complexity index is 521. The Hall–Kier alpha value is -1.25. The third kappa shape index (κ3) is 3.62. The number of aryl methyl sites for hydroxylation is 1. The first-order valence-corrected chi connectivity index (χ1v) is 7.19. The fourth-order valence-electron chi connectivity index (χ4n) is 2.29. The Balaban J connectivity index is 2.30. The van der Waals surface area contributed by atoms with E-state index < -0.39 is 0 Å². The van der Waals surface area contributed by atoms with Gasteiger partial charge in [-0.25, -0.2) is 0 Å². The highest BCUT2D eigenvalue weighted by atomic mass is 35.5. The van der Waals surface area contributed by atoms with E-state index in [4.69, 9.17) is 16.0 Å². The molecule has 0 aliphatic heterocycles. The van der Waals surface area contributed by atoms with Gasteiger partial charge in [0.1, 0.15) is 5.76 Å². The van der Waals surface area contributed by atoms with Crippen molar-refractivity contribution in [1.29, 1.82) is 0 Å². The molecule has 2 aromatic rings. The predicted octanol–water partition coefficient (Wildman–Crippen LogP) is 4.58. The number of hydrogen-bond donors (Lipinski definition) is 1. The van der Waals surface area contributed by atoms with E-state index in [2.05, 4.69) is 43.4 Å². The van der Waals surface area contributed by atoms with Crippen LogP contribution in [0.5, 0.6) is 0 Å². The lowest BCUT2D eigenvalue weighted by atomic mass is 10.00. The van der Waals surface area contributed by atoms with Gasteiger partial charge in [0.2, 0.25) is 0 Å². The van der Waals surface area contributed by atoms with Gasteiger partial charge in [0.05, 0.1) is 6.04 Å². The van der Waals surface area contributed by atoms with E-state index >= 15 is 0 Å². The van der Waals surface area contributed by atoms with Crippen molar-refractivity contribution in [3.05, 3.63) is 58.5 Å². The highest BCUT2D eigenvalue weighted by Gasteiger charge is 2.16. The molecule has 0 saturated heterocycles. The largest absolute Gasteiger partial charge is 0.448 e. The first-order chi connectivity index (χ1) is 9.24. The summed E-state index contributed by atoms with van der Waals surface area (Å²) in [5, 5.41) is 3.88. The van der Waals surface area contributed by atoms with E-state index in [0.717, 1.165) is 25.1 Å². The average molecular weight is 278 g/mol. The van der Waals surface area contributed by atoms with Crippen molar-refractivity contribution in [1.82, 2.24) is 5.32 Å². The maximum absolute atomic E-state index is 5.88. The Morgan fingerprint density at radius 2 is 2.05 bits per heavy atom. The van der Waals surface area contributed by atoms with Crippen LogP contribution < -0.4 is 5.32 Å². The highest BCUT2D eigenvalue weighted by molar-refractivity contribution is 6.28. The first-order valence-electron chi connectivity index (χ1n) is 6.82. The normalized spacial score (nSPS) is 12.6. The van der Waals surface area contributed by atoms with Gasteiger partial charge >= 0.3 is 0 Å². The van der Waals surface area contributed by atoms with Gasteiger partial charge in [-0.15, -0.1) is 0 Å². The summed E-state index contributed by atoms with van der Waals surface area (Å²) in [7, 11) is 0. The van der Waals surface area contributed by atoms with E-state index in [-0.39, 0.29) is 6.04 Å². The third-order valence-corrected chi connectivity index (χ3v) is 3.31. The van der Waals surface area contributed by atoms with E-state index in [1.165, 1.54) is 11.1 Å². The minimum Gasteiger partial charge on any atom is -0.448 e. The number of nitrogens with one attached hydrogen (secondary N) is 1. The second-order valence-corrected chi connectivity index (χ2v) is 5.00. The summed E-state index contributed by atoms with van der Waals surface area (Å²) in [4.78, 5) is 0. The van der Waals surface area contributed by atoms with E-state index in [1.54, 1.807) is 6.07 Å². The van der Waals surface area contributed by atoms with Crippen molar-refractivity contribution in [2.45, 2.75) is 32.7 Å². The standard InChI is InChI=1S/C16H20ClNO/c1-3-6-12-7-5-8-13(11-12)16(18-4-2)14-9-10-15(17)19-14/h5,7-11,16,18H,3-4,6H2,1-2H3. The molecule has 0 aliphatic rings. The monoisotopic (exact) mass is 277 g/mol. The van der Waals surface area contributed by atoms with Crippen molar-refractivity contribution < 1.29 is 4.42 Å². The Labute approximate surface area is 119 Å². The van der Waals surface area contributed by atoms with E-state index in [9.17, 15) is 0 Å². The predicted molar refractivity (Wildman–Crippen MR) is 79.7 cm³/mol. The van der Waals surface area contributed by atoms with Crippen molar-refractivity contribution in [2.24, 2.45) is 0 Å². The molecular formula is C16H20ClNO. The minimum absolute atomic E-state index is 0.0642. The van der Waals surface area contributed by atoms with E-state index in [1.807, 2.05) is 6.07 Å². The van der Waals surface area contributed by atoms with Crippen LogP contribution in [0.25, 0.3) is 0 Å². The van der Waals surface area contributed by atoms with Crippen LogP contribution in [-0.4, -0.2) is 6.54 Å². The topological polar surface area (TPSA) is 25.2 Å². The zero-order chi connectivity index (χ0) is 13.7. The molecule has 1 aromatic carbocycles. The van der Waals surface area contributed by atoms with Gasteiger partial charge in [0.15, 0.2) is 5.22 Å². The maximum Gasteiger partial charge on any atom is 0.193 e. The lowest BCUT2D eigenvalue weighted by Crippen LogP contribution is -2.21. The minimum atomic E-state index is 0.0642. The number of benzene rings is 1. The fraction of sp³-hybridized carbons (Fsp3) is 0.375. The van der Waals surface area contributed by atoms with Gasteiger partial charge in [0.25, 0.3) is 0 Å². The summed E-state index contributed by atoms with van der Waals surface area (Å²) in [5.41, 5.74) is 2.58. The summed E-state index contributed by atoms with van der Waals surface area (Å²) in [5.74, 6) is 0.862. The van der Waals surface area contributed by atoms with Crippen LogP contribution in [0.4, 0.5) is 0 Å². The maximum atomic E-state index is 5.88. The van der Waals surface area contributed by atoms with Crippen molar-refractivity contribution in [3.8, 4) is 0 Å². The Morgan fingerprint density at radius 1 is 1.21 bits per heavy atom. The summed E-state index contributed by atoms with van der Waals surface area (Å²) in [6.07, 6.45) is 2.26. The highest BCUT2D eigenvalue weighted by Crippen LogP contribution is 2.26. The molecule has 0 spiro atoms. The van der Waals surface area contributed by atoms with Crippen molar-refractivity contribution in [3.63, 3.8) is 0 Å². The Kier molecular flexibility index (Phi) is 5.06. The molecule has 0 bridgehead atoms. The number of rotatable bonds is 6. The summed E-state index contributed by atoms with van der Waals surface area (Å²) in [6.45, 7) is 5.16. The van der Waals surface area contributed by atoms with Crippen molar-refractivity contribution >= 4 is 11.6 Å². The van der Waals surface area contributed by atoms with Gasteiger partial charge in [-0.3, -0.25) is 0 Å². The molecule has 0 saturated carbocycles. The summed E-state index contributed by atoms with van der Waals surface area (Å²) in [6, 6.07) is 12.4. The fourth-order valence-corrected chi connectivity index (χ4v) is 2.44. The van der Waals surface area contributed by atoms with Crippen LogP contribution in [0.1, 0.15) is 43.2 Å². The SMILES string of the molecule is CCCc1cccc(C(NCC)c2ccc(Cl)o2)c1. The first kappa shape index (κ1) is 14.2. The quantitative estimate of drug-likeness (QED) is 0.836. The zero-order valence-electron chi connectivity index (χ0n) is 11.4. The Morgan fingerprint density at radius 3 is 2.68 bits per heavy atom. The third-order valence-electron chi connectivity index (χ3n) is 3.11. The van der Waals surface area contributed by atoms with Crippen LogP contribution >= 0.6 is 11.6 Å². The van der Waals surface area contributed by atoms with Gasteiger partial charge in [-0.2, -0.15) is 0 Å². The summed E-state index contributed by atoms with van der Waals surface area (Å²) < 4.78 is 5.56. The van der Waals surface area contributed by atoms with E-state index in [0.29, 0.717) is 5.22 Å². The lowest BCUT2D eigenvalue weighted by molar-refractivity contribution is 0.453. The smallest absolute Gasteiger partial charge is 0.193 e. The van der Waals surface area contributed by atoms with Crippen LogP contribution in [0.2, 0.25) is 5.22 Å². The van der Waals surface area contributed by atoms with Crippen LogP contribution in [0.3, 0.4) is 0 Å². The molecule has 1 atom stereocenters. The molecule has 3 heteroatoms. The average Bonchev–Trinajstić information content (AvgIpc) is 2.83. The molecule has 0 amide bonds. The molecule has 1 heterocycles. The summed E-state index contributed by atoms with van der Waals surface area (Å²) >= 11 is 5.88. The second kappa shape index (κ2) is 6.78. The van der Waals surface area contributed by atoms with Crippen LogP contribution in [0.15, 0.2) is 40.8 Å². The molecule has 1 unspecified atom stereocenters. The van der Waals surface area contributed by atoms with Crippen LogP contribution in [-0.2, 0) is 6.42 Å².